The largest absolute Gasteiger partial charge is 0.465 e. The van der Waals surface area contributed by atoms with Crippen LogP contribution in [0.5, 0.6) is 11.6 Å². The molecule has 0 fully saturated rings. The van der Waals surface area contributed by atoms with Gasteiger partial charge >= 0.3 is 5.97 Å². The number of aromatic nitrogens is 1. The molecule has 0 unspecified atom stereocenters. The van der Waals surface area contributed by atoms with Gasteiger partial charge in [-0.15, -0.1) is 0 Å². The maximum atomic E-state index is 11.6. The van der Waals surface area contributed by atoms with Crippen molar-refractivity contribution in [2.45, 2.75) is 0 Å². The third-order valence-electron chi connectivity index (χ3n) is 2.31. The van der Waals surface area contributed by atoms with Crippen molar-refractivity contribution < 1.29 is 14.3 Å². The van der Waals surface area contributed by atoms with Gasteiger partial charge in [-0.05, 0) is 30.3 Å². The summed E-state index contributed by atoms with van der Waals surface area (Å²) in [5.41, 5.74) is 6.15. The summed E-state index contributed by atoms with van der Waals surface area (Å²) in [6, 6.07) is 8.62. The second kappa shape index (κ2) is 5.71. The van der Waals surface area contributed by atoms with Crippen LogP contribution in [0, 0.1) is 0 Å². The maximum Gasteiger partial charge on any atom is 0.343 e. The third kappa shape index (κ3) is 3.23. The van der Waals surface area contributed by atoms with Crippen LogP contribution in [0.15, 0.2) is 41.0 Å². The molecule has 0 spiro atoms. The van der Waals surface area contributed by atoms with Gasteiger partial charge in [-0.2, -0.15) is 0 Å². The van der Waals surface area contributed by atoms with Crippen LogP contribution in [-0.4, -0.2) is 18.1 Å². The normalized spacial score (nSPS) is 10.0. The van der Waals surface area contributed by atoms with Gasteiger partial charge in [0.05, 0.1) is 19.0 Å². The molecule has 0 atom stereocenters. The van der Waals surface area contributed by atoms with E-state index in [9.17, 15) is 4.79 Å². The standard InChI is InChI=1S/C13H11BrN2O3/c1-18-13(17)11-6-9(15)7-16-12(11)19-10-4-2-8(14)3-5-10/h2-7H,15H2,1H3. The number of hydrogen-bond acceptors (Lipinski definition) is 5. The molecule has 0 bridgehead atoms. The van der Waals surface area contributed by atoms with E-state index >= 15 is 0 Å². The molecule has 98 valence electrons. The molecule has 2 N–H and O–H groups in total. The molecule has 0 saturated heterocycles. The highest BCUT2D eigenvalue weighted by Gasteiger charge is 2.15. The molecular weight excluding hydrogens is 312 g/mol. The molecule has 0 aliphatic heterocycles. The Hall–Kier alpha value is -2.08. The molecule has 6 heteroatoms. The SMILES string of the molecule is COC(=O)c1cc(N)cnc1Oc1ccc(Br)cc1. The van der Waals surface area contributed by atoms with Crippen molar-refractivity contribution in [2.75, 3.05) is 12.8 Å². The van der Waals surface area contributed by atoms with E-state index in [0.29, 0.717) is 11.4 Å². The van der Waals surface area contributed by atoms with Crippen LogP contribution in [-0.2, 0) is 4.74 Å². The monoisotopic (exact) mass is 322 g/mol. The fourth-order valence-electron chi connectivity index (χ4n) is 1.42. The highest BCUT2D eigenvalue weighted by molar-refractivity contribution is 9.10. The van der Waals surface area contributed by atoms with Crippen LogP contribution in [0.2, 0.25) is 0 Å². The predicted molar refractivity (Wildman–Crippen MR) is 74.2 cm³/mol. The Bertz CT molecular complexity index is 599. The van der Waals surface area contributed by atoms with Crippen LogP contribution >= 0.6 is 15.9 Å². The minimum Gasteiger partial charge on any atom is -0.465 e. The third-order valence-corrected chi connectivity index (χ3v) is 2.83. The van der Waals surface area contributed by atoms with Crippen molar-refractivity contribution in [3.8, 4) is 11.6 Å². The number of nitrogen functional groups attached to an aromatic ring is 1. The Kier molecular flexibility index (Phi) is 4.01. The molecule has 0 aliphatic carbocycles. The average Bonchev–Trinajstić information content (AvgIpc) is 2.42. The summed E-state index contributed by atoms with van der Waals surface area (Å²) >= 11 is 3.33. The molecule has 0 saturated carbocycles. The molecule has 1 aromatic carbocycles. The summed E-state index contributed by atoms with van der Waals surface area (Å²) in [6.45, 7) is 0. The maximum absolute atomic E-state index is 11.6. The Balaban J connectivity index is 2.34. The summed E-state index contributed by atoms with van der Waals surface area (Å²) in [6.07, 6.45) is 1.42. The fraction of sp³-hybridized carbons (Fsp3) is 0.0769. The van der Waals surface area contributed by atoms with Gasteiger partial charge in [-0.3, -0.25) is 0 Å². The van der Waals surface area contributed by atoms with Crippen LogP contribution in [0.3, 0.4) is 0 Å². The molecule has 0 amide bonds. The number of pyridine rings is 1. The number of anilines is 1. The number of hydrogen-bond donors (Lipinski definition) is 1. The number of ether oxygens (including phenoxy) is 2. The minimum absolute atomic E-state index is 0.156. The summed E-state index contributed by atoms with van der Waals surface area (Å²) in [4.78, 5) is 15.6. The van der Waals surface area contributed by atoms with Crippen molar-refractivity contribution in [1.82, 2.24) is 4.98 Å². The molecule has 2 aromatic rings. The second-order valence-corrected chi connectivity index (χ2v) is 4.58. The van der Waals surface area contributed by atoms with Gasteiger partial charge in [-0.1, -0.05) is 15.9 Å². The number of esters is 1. The number of methoxy groups -OCH3 is 1. The quantitative estimate of drug-likeness (QED) is 0.879. The van der Waals surface area contributed by atoms with E-state index < -0.39 is 5.97 Å². The minimum atomic E-state index is -0.549. The van der Waals surface area contributed by atoms with Gasteiger partial charge in [0.1, 0.15) is 11.3 Å². The van der Waals surface area contributed by atoms with Crippen molar-refractivity contribution >= 4 is 27.6 Å². The van der Waals surface area contributed by atoms with Crippen LogP contribution in [0.25, 0.3) is 0 Å². The number of benzene rings is 1. The number of carbonyl (C=O) groups excluding carboxylic acids is 1. The lowest BCUT2D eigenvalue weighted by atomic mass is 10.2. The van der Waals surface area contributed by atoms with Crippen LogP contribution < -0.4 is 10.5 Å². The molecule has 0 radical (unpaired) electrons. The Labute approximate surface area is 118 Å². The molecule has 5 nitrogen and oxygen atoms in total. The van der Waals surface area contributed by atoms with E-state index in [4.69, 9.17) is 10.5 Å². The molecule has 1 aromatic heterocycles. The van der Waals surface area contributed by atoms with Gasteiger partial charge < -0.3 is 15.2 Å². The molecular formula is C13H11BrN2O3. The van der Waals surface area contributed by atoms with E-state index in [1.807, 2.05) is 12.1 Å². The van der Waals surface area contributed by atoms with Gasteiger partial charge in [0.2, 0.25) is 5.88 Å². The van der Waals surface area contributed by atoms with Crippen molar-refractivity contribution in [3.63, 3.8) is 0 Å². The topological polar surface area (TPSA) is 74.4 Å². The first-order chi connectivity index (χ1) is 9.10. The Morgan fingerprint density at radius 2 is 2.00 bits per heavy atom. The van der Waals surface area contributed by atoms with E-state index in [0.717, 1.165) is 4.47 Å². The van der Waals surface area contributed by atoms with Gasteiger partial charge in [-0.25, -0.2) is 9.78 Å². The average molecular weight is 323 g/mol. The van der Waals surface area contributed by atoms with E-state index in [2.05, 4.69) is 25.7 Å². The number of halogens is 1. The fourth-order valence-corrected chi connectivity index (χ4v) is 1.68. The van der Waals surface area contributed by atoms with Gasteiger partial charge in [0, 0.05) is 4.47 Å². The van der Waals surface area contributed by atoms with E-state index in [-0.39, 0.29) is 11.4 Å². The summed E-state index contributed by atoms with van der Waals surface area (Å²) in [5, 5.41) is 0. The Morgan fingerprint density at radius 1 is 1.32 bits per heavy atom. The lowest BCUT2D eigenvalue weighted by Gasteiger charge is -2.09. The van der Waals surface area contributed by atoms with Crippen LogP contribution in [0.1, 0.15) is 10.4 Å². The number of carbonyl (C=O) groups is 1. The number of nitrogens with two attached hydrogens (primary N) is 1. The van der Waals surface area contributed by atoms with Crippen molar-refractivity contribution in [3.05, 3.63) is 46.6 Å². The van der Waals surface area contributed by atoms with Gasteiger partial charge in [0.15, 0.2) is 0 Å². The van der Waals surface area contributed by atoms with Gasteiger partial charge in [0.25, 0.3) is 0 Å². The molecule has 2 rings (SSSR count). The molecule has 1 heterocycles. The first kappa shape index (κ1) is 13.4. The van der Waals surface area contributed by atoms with E-state index in [1.54, 1.807) is 12.1 Å². The van der Waals surface area contributed by atoms with Crippen molar-refractivity contribution in [1.29, 1.82) is 0 Å². The summed E-state index contributed by atoms with van der Waals surface area (Å²) < 4.78 is 11.1. The smallest absolute Gasteiger partial charge is 0.343 e. The number of rotatable bonds is 3. The first-order valence-corrected chi connectivity index (χ1v) is 6.16. The second-order valence-electron chi connectivity index (χ2n) is 3.67. The zero-order valence-corrected chi connectivity index (χ0v) is 11.7. The molecule has 0 aliphatic rings. The van der Waals surface area contributed by atoms with Crippen molar-refractivity contribution in [2.24, 2.45) is 0 Å². The Morgan fingerprint density at radius 3 is 2.63 bits per heavy atom. The van der Waals surface area contributed by atoms with E-state index in [1.165, 1.54) is 19.4 Å². The predicted octanol–water partition coefficient (Wildman–Crippen LogP) is 3.01. The number of nitrogens with zero attached hydrogens (tertiary/aromatic N) is 1. The lowest BCUT2D eigenvalue weighted by molar-refractivity contribution is 0.0597. The first-order valence-electron chi connectivity index (χ1n) is 5.37. The highest BCUT2D eigenvalue weighted by Crippen LogP contribution is 2.26. The summed E-state index contributed by atoms with van der Waals surface area (Å²) in [5.74, 6) is 0.168. The zero-order valence-electron chi connectivity index (χ0n) is 10.1. The highest BCUT2D eigenvalue weighted by atomic mass is 79.9. The zero-order chi connectivity index (χ0) is 13.8. The summed E-state index contributed by atoms with van der Waals surface area (Å²) in [7, 11) is 1.29. The van der Waals surface area contributed by atoms with Crippen LogP contribution in [0.4, 0.5) is 5.69 Å². The molecule has 19 heavy (non-hydrogen) atoms. The lowest BCUT2D eigenvalue weighted by Crippen LogP contribution is -2.06.